The second-order valence-corrected chi connectivity index (χ2v) is 8.38. The van der Waals surface area contributed by atoms with Gasteiger partial charge in [-0.15, -0.1) is 0 Å². The quantitative estimate of drug-likeness (QED) is 0.578. The summed E-state index contributed by atoms with van der Waals surface area (Å²) in [7, 11) is 0. The van der Waals surface area contributed by atoms with Crippen molar-refractivity contribution in [1.82, 2.24) is 4.98 Å². The van der Waals surface area contributed by atoms with Gasteiger partial charge in [0, 0.05) is 12.1 Å². The molecule has 1 saturated carbocycles. The zero-order valence-electron chi connectivity index (χ0n) is 16.9. The molecule has 0 spiro atoms. The molecule has 0 radical (unpaired) electrons. The normalized spacial score (nSPS) is 14.7. The number of hydrogen-bond acceptors (Lipinski definition) is 3. The van der Waals surface area contributed by atoms with Gasteiger partial charge in [0.15, 0.2) is 16.6 Å². The van der Waals surface area contributed by atoms with E-state index >= 15 is 0 Å². The molecule has 2 aromatic heterocycles. The minimum Gasteiger partial charge on any atom is -0.542 e. The van der Waals surface area contributed by atoms with Crippen LogP contribution in [0.2, 0.25) is 10.0 Å². The Kier molecular flexibility index (Phi) is 7.84. The van der Waals surface area contributed by atoms with Gasteiger partial charge in [-0.25, -0.2) is 15.0 Å². The Labute approximate surface area is 192 Å². The molecule has 1 fully saturated rings. The first-order chi connectivity index (χ1) is 15.1. The number of carboxylic acid groups (broad SMARTS) is 1. The van der Waals surface area contributed by atoms with Crippen molar-refractivity contribution in [3.8, 4) is 11.4 Å². The highest BCUT2D eigenvalue weighted by molar-refractivity contribution is 6.42. The summed E-state index contributed by atoms with van der Waals surface area (Å²) in [6.45, 7) is 1.01. The van der Waals surface area contributed by atoms with E-state index in [2.05, 4.69) is 26.3 Å². The molecular formula is C21H22Cl2F3N4O2+. The highest BCUT2D eigenvalue weighted by atomic mass is 35.5. The molecule has 0 amide bonds. The number of carbonyl (C=O) groups excluding carboxylic acids is 1. The molecule has 1 aliphatic rings. The van der Waals surface area contributed by atoms with Crippen molar-refractivity contribution < 1.29 is 33.0 Å². The van der Waals surface area contributed by atoms with Crippen LogP contribution in [0, 0.1) is 5.92 Å². The van der Waals surface area contributed by atoms with Crippen LogP contribution in [0.3, 0.4) is 0 Å². The molecular weight excluding hydrogens is 468 g/mol. The maximum Gasteiger partial charge on any atom is 0.430 e. The number of carboxylic acids is 1. The van der Waals surface area contributed by atoms with E-state index in [9.17, 15) is 13.2 Å². The zero-order chi connectivity index (χ0) is 23.3. The van der Waals surface area contributed by atoms with E-state index in [1.165, 1.54) is 32.1 Å². The number of aromatic amines is 3. The molecule has 1 aliphatic carbocycles. The van der Waals surface area contributed by atoms with Crippen LogP contribution in [0.1, 0.15) is 32.1 Å². The number of hydrogen-bond donors (Lipinski definition) is 2. The van der Waals surface area contributed by atoms with Gasteiger partial charge in [-0.3, -0.25) is 5.32 Å². The molecule has 2 heterocycles. The van der Waals surface area contributed by atoms with Gasteiger partial charge in [-0.1, -0.05) is 42.5 Å². The molecule has 4 rings (SSSR count). The number of benzene rings is 1. The van der Waals surface area contributed by atoms with Gasteiger partial charge in [-0.2, -0.15) is 13.2 Å². The number of aromatic nitrogens is 3. The lowest BCUT2D eigenvalue weighted by molar-refractivity contribution is -0.362. The Hall–Kier alpha value is -2.52. The number of carbonyl (C=O) groups is 1. The Morgan fingerprint density at radius 2 is 1.84 bits per heavy atom. The minimum absolute atomic E-state index is 0.547. The number of pyridine rings is 1. The molecule has 0 unspecified atom stereocenters. The number of rotatable bonds is 4. The number of alkyl halides is 3. The molecule has 0 aliphatic heterocycles. The van der Waals surface area contributed by atoms with Crippen LogP contribution in [0.25, 0.3) is 22.4 Å². The second kappa shape index (κ2) is 10.4. The average molecular weight is 490 g/mol. The number of anilines is 1. The van der Waals surface area contributed by atoms with E-state index < -0.39 is 12.1 Å². The van der Waals surface area contributed by atoms with Crippen LogP contribution in [0.4, 0.5) is 19.0 Å². The third kappa shape index (κ3) is 6.26. The van der Waals surface area contributed by atoms with Crippen molar-refractivity contribution in [2.24, 2.45) is 5.92 Å². The summed E-state index contributed by atoms with van der Waals surface area (Å²) >= 11 is 12.3. The number of halogens is 5. The molecule has 172 valence electrons. The van der Waals surface area contributed by atoms with E-state index in [1.54, 1.807) is 0 Å². The van der Waals surface area contributed by atoms with Crippen molar-refractivity contribution in [3.05, 3.63) is 40.5 Å². The summed E-state index contributed by atoms with van der Waals surface area (Å²) in [5.41, 5.74) is 2.94. The monoisotopic (exact) mass is 489 g/mol. The van der Waals surface area contributed by atoms with Crippen LogP contribution >= 0.6 is 23.2 Å². The van der Waals surface area contributed by atoms with Gasteiger partial charge in [0.05, 0.1) is 22.8 Å². The number of H-pyrrole nitrogens is 3. The fraction of sp³-hybridized carbons (Fsp3) is 0.381. The molecule has 4 N–H and O–H groups in total. The highest BCUT2D eigenvalue weighted by Crippen LogP contribution is 2.29. The van der Waals surface area contributed by atoms with Crippen molar-refractivity contribution in [3.63, 3.8) is 0 Å². The summed E-state index contributed by atoms with van der Waals surface area (Å²) < 4.78 is 31.5. The van der Waals surface area contributed by atoms with Crippen LogP contribution < -0.4 is 20.4 Å². The largest absolute Gasteiger partial charge is 0.542 e. The summed E-state index contributed by atoms with van der Waals surface area (Å²) in [5, 5.41) is 13.5. The van der Waals surface area contributed by atoms with Crippen LogP contribution in [-0.2, 0) is 4.79 Å². The van der Waals surface area contributed by atoms with Gasteiger partial charge < -0.3 is 9.90 Å². The lowest BCUT2D eigenvalue weighted by atomic mass is 9.89. The van der Waals surface area contributed by atoms with Gasteiger partial charge >= 0.3 is 6.18 Å². The summed E-state index contributed by atoms with van der Waals surface area (Å²) in [4.78, 5) is 18.9. The first-order valence-electron chi connectivity index (χ1n) is 10.1. The Bertz CT molecular complexity index is 1040. The van der Waals surface area contributed by atoms with Crippen molar-refractivity contribution >= 4 is 46.0 Å². The Balaban J connectivity index is 0.000000360. The fourth-order valence-electron chi connectivity index (χ4n) is 3.62. The predicted octanol–water partition coefficient (Wildman–Crippen LogP) is 4.06. The standard InChI is InChI=1S/C19H20Cl2N4.C2HF3O2/c20-14-9-16-17(10-15(14)21)25-19(24-16)13-7-4-8-22-18(13)23-11-12-5-2-1-3-6-12;3-2(4,5)1(6)7/h4,7-10,12H,1-3,5-6,11H2,(H,22,23)(H,24,25);(H,6,7)/p+1. The molecule has 1 aromatic carbocycles. The summed E-state index contributed by atoms with van der Waals surface area (Å²) in [5.74, 6) is -0.295. The summed E-state index contributed by atoms with van der Waals surface area (Å²) in [6.07, 6.45) is 3.50. The van der Waals surface area contributed by atoms with Crippen LogP contribution in [-0.4, -0.2) is 23.7 Å². The minimum atomic E-state index is -5.19. The first-order valence-corrected chi connectivity index (χ1v) is 10.8. The SMILES string of the molecule is Clc1cc2[nH]c(-c3ccc[nH+]c3NCC3CCCCC3)[nH+]c2cc1Cl.O=C([O-])C(F)(F)F. The molecule has 0 saturated heterocycles. The Morgan fingerprint density at radius 1 is 1.19 bits per heavy atom. The van der Waals surface area contributed by atoms with E-state index in [-0.39, 0.29) is 0 Å². The molecule has 0 atom stereocenters. The maximum atomic E-state index is 10.5. The number of imidazole rings is 1. The maximum absolute atomic E-state index is 10.5. The second-order valence-electron chi connectivity index (χ2n) is 7.57. The van der Waals surface area contributed by atoms with Gasteiger partial charge in [0.1, 0.15) is 5.97 Å². The number of aliphatic carboxylic acids is 1. The third-order valence-corrected chi connectivity index (χ3v) is 5.95. The zero-order valence-corrected chi connectivity index (χ0v) is 18.4. The topological polar surface area (TPSA) is 96.2 Å². The van der Waals surface area contributed by atoms with Crippen molar-refractivity contribution in [1.29, 1.82) is 0 Å². The first kappa shape index (κ1) is 24.1. The van der Waals surface area contributed by atoms with Crippen molar-refractivity contribution in [2.45, 2.75) is 38.3 Å². The van der Waals surface area contributed by atoms with Crippen molar-refractivity contribution in [2.75, 3.05) is 11.9 Å². The van der Waals surface area contributed by atoms with E-state index in [0.29, 0.717) is 10.0 Å². The Morgan fingerprint density at radius 3 is 2.50 bits per heavy atom. The fourth-order valence-corrected chi connectivity index (χ4v) is 3.95. The third-order valence-electron chi connectivity index (χ3n) is 5.23. The van der Waals surface area contributed by atoms with Gasteiger partial charge in [0.25, 0.3) is 11.6 Å². The lowest BCUT2D eigenvalue weighted by Crippen LogP contribution is -2.37. The molecule has 32 heavy (non-hydrogen) atoms. The molecule has 6 nitrogen and oxygen atoms in total. The van der Waals surface area contributed by atoms with E-state index in [1.807, 2.05) is 24.4 Å². The van der Waals surface area contributed by atoms with E-state index in [4.69, 9.17) is 33.1 Å². The summed E-state index contributed by atoms with van der Waals surface area (Å²) in [6, 6.07) is 7.78. The number of nitrogens with one attached hydrogen (secondary N) is 4. The van der Waals surface area contributed by atoms with Crippen LogP contribution in [0.5, 0.6) is 0 Å². The van der Waals surface area contributed by atoms with Gasteiger partial charge in [0.2, 0.25) is 0 Å². The van der Waals surface area contributed by atoms with E-state index in [0.717, 1.165) is 40.7 Å². The highest BCUT2D eigenvalue weighted by Gasteiger charge is 2.29. The van der Waals surface area contributed by atoms with Crippen LogP contribution in [0.15, 0.2) is 30.5 Å². The molecule has 11 heteroatoms. The van der Waals surface area contributed by atoms with Gasteiger partial charge in [-0.05, 0) is 30.9 Å². The predicted molar refractivity (Wildman–Crippen MR) is 113 cm³/mol. The molecule has 3 aromatic rings. The smallest absolute Gasteiger partial charge is 0.430 e. The number of fused-ring (bicyclic) bond motifs is 1. The molecule has 0 bridgehead atoms. The lowest BCUT2D eigenvalue weighted by Gasteiger charge is -2.19. The average Bonchev–Trinajstić information content (AvgIpc) is 3.16.